The van der Waals surface area contributed by atoms with Crippen molar-refractivity contribution in [2.45, 2.75) is 39.2 Å². The van der Waals surface area contributed by atoms with Gasteiger partial charge in [-0.2, -0.15) is 0 Å². The van der Waals surface area contributed by atoms with Crippen LogP contribution in [0.1, 0.15) is 43.5 Å². The fourth-order valence-corrected chi connectivity index (χ4v) is 2.32. The third kappa shape index (κ3) is 6.73. The van der Waals surface area contributed by atoms with Crippen LogP contribution in [0.4, 0.5) is 10.1 Å². The summed E-state index contributed by atoms with van der Waals surface area (Å²) in [5, 5.41) is 2.68. The van der Waals surface area contributed by atoms with Crippen molar-refractivity contribution in [1.82, 2.24) is 0 Å². The molecule has 2 aromatic carbocycles. The predicted octanol–water partition coefficient (Wildman–Crippen LogP) is 4.58. The number of unbranched alkanes of at least 4 members (excludes halogenated alkanes) is 2. The third-order valence-corrected chi connectivity index (χ3v) is 3.86. The summed E-state index contributed by atoms with van der Waals surface area (Å²) in [4.78, 5) is 24.1. The first-order valence-corrected chi connectivity index (χ1v) is 9.00. The van der Waals surface area contributed by atoms with E-state index in [9.17, 15) is 14.0 Å². The molecular weight excluding hydrogens is 349 g/mol. The highest BCUT2D eigenvalue weighted by atomic mass is 19.1. The van der Waals surface area contributed by atoms with Crippen LogP contribution in [0.15, 0.2) is 48.5 Å². The molecule has 144 valence electrons. The molecule has 1 N–H and O–H groups in total. The number of esters is 1. The zero-order valence-corrected chi connectivity index (χ0v) is 15.5. The number of carbonyl (C=O) groups excluding carboxylic acids is 2. The second kappa shape index (κ2) is 10.3. The van der Waals surface area contributed by atoms with E-state index in [2.05, 4.69) is 12.2 Å². The predicted molar refractivity (Wildman–Crippen MR) is 101 cm³/mol. The summed E-state index contributed by atoms with van der Waals surface area (Å²) in [5.41, 5.74) is 0.919. The molecule has 6 heteroatoms. The molecule has 1 atom stereocenters. The molecule has 1 amide bonds. The summed E-state index contributed by atoms with van der Waals surface area (Å²) >= 11 is 0. The highest BCUT2D eigenvalue weighted by molar-refractivity contribution is 6.04. The Kier molecular flexibility index (Phi) is 7.79. The van der Waals surface area contributed by atoms with E-state index in [4.69, 9.17) is 9.47 Å². The summed E-state index contributed by atoms with van der Waals surface area (Å²) in [5.74, 6) is -0.639. The molecule has 27 heavy (non-hydrogen) atoms. The average molecular weight is 373 g/mol. The van der Waals surface area contributed by atoms with E-state index in [1.807, 2.05) is 0 Å². The van der Waals surface area contributed by atoms with Crippen LogP contribution >= 0.6 is 0 Å². The van der Waals surface area contributed by atoms with Crippen molar-refractivity contribution in [3.63, 3.8) is 0 Å². The van der Waals surface area contributed by atoms with Crippen LogP contribution in [0.25, 0.3) is 0 Å². The maximum atomic E-state index is 12.9. The Bertz CT molecular complexity index is 744. The SMILES string of the molecule is CCCCCOC(=O)C(C)Oc1ccc(C(=O)Nc2ccc(F)cc2)cc1. The van der Waals surface area contributed by atoms with E-state index in [-0.39, 0.29) is 11.7 Å². The molecule has 0 bridgehead atoms. The topological polar surface area (TPSA) is 64.6 Å². The molecule has 0 aromatic heterocycles. The van der Waals surface area contributed by atoms with Crippen LogP contribution in [0, 0.1) is 5.82 Å². The molecule has 0 fully saturated rings. The zero-order chi connectivity index (χ0) is 19.6. The average Bonchev–Trinajstić information content (AvgIpc) is 2.67. The van der Waals surface area contributed by atoms with Crippen LogP contribution in [0.2, 0.25) is 0 Å². The maximum Gasteiger partial charge on any atom is 0.347 e. The highest BCUT2D eigenvalue weighted by Crippen LogP contribution is 2.16. The maximum absolute atomic E-state index is 12.9. The van der Waals surface area contributed by atoms with Gasteiger partial charge in [0.2, 0.25) is 0 Å². The standard InChI is InChI=1S/C21H24FNO4/c1-3-4-5-14-26-21(25)15(2)27-19-12-6-16(7-13-19)20(24)23-18-10-8-17(22)9-11-18/h6-13,15H,3-5,14H2,1-2H3,(H,23,24). The number of carbonyl (C=O) groups is 2. The van der Waals surface area contributed by atoms with Gasteiger partial charge < -0.3 is 14.8 Å². The Hall–Kier alpha value is -2.89. The van der Waals surface area contributed by atoms with Crippen LogP contribution in [0.3, 0.4) is 0 Å². The van der Waals surface area contributed by atoms with Gasteiger partial charge in [-0.3, -0.25) is 4.79 Å². The number of ether oxygens (including phenoxy) is 2. The number of rotatable bonds is 9. The third-order valence-electron chi connectivity index (χ3n) is 3.86. The van der Waals surface area contributed by atoms with Crippen molar-refractivity contribution >= 4 is 17.6 Å². The molecular formula is C21H24FNO4. The second-order valence-electron chi connectivity index (χ2n) is 6.12. The fourth-order valence-electron chi connectivity index (χ4n) is 2.32. The van der Waals surface area contributed by atoms with Gasteiger partial charge in [0.25, 0.3) is 5.91 Å². The first-order valence-electron chi connectivity index (χ1n) is 9.00. The number of halogens is 1. The van der Waals surface area contributed by atoms with Crippen molar-refractivity contribution in [1.29, 1.82) is 0 Å². The Morgan fingerprint density at radius 1 is 1.04 bits per heavy atom. The molecule has 5 nitrogen and oxygen atoms in total. The lowest BCUT2D eigenvalue weighted by molar-refractivity contribution is -0.151. The molecule has 0 radical (unpaired) electrons. The van der Waals surface area contributed by atoms with Crippen molar-refractivity contribution in [3.05, 3.63) is 59.9 Å². The van der Waals surface area contributed by atoms with E-state index >= 15 is 0 Å². The molecule has 0 heterocycles. The van der Waals surface area contributed by atoms with E-state index in [1.165, 1.54) is 24.3 Å². The van der Waals surface area contributed by atoms with Crippen molar-refractivity contribution in [3.8, 4) is 5.75 Å². The van der Waals surface area contributed by atoms with Crippen LogP contribution in [0.5, 0.6) is 5.75 Å². The van der Waals surface area contributed by atoms with Crippen LogP contribution in [-0.2, 0) is 9.53 Å². The Labute approximate surface area is 158 Å². The number of anilines is 1. The number of nitrogens with one attached hydrogen (secondary N) is 1. The van der Waals surface area contributed by atoms with Gasteiger partial charge in [0.1, 0.15) is 11.6 Å². The van der Waals surface area contributed by atoms with Gasteiger partial charge >= 0.3 is 5.97 Å². The Balaban J connectivity index is 1.85. The number of hydrogen-bond acceptors (Lipinski definition) is 4. The van der Waals surface area contributed by atoms with Gasteiger partial charge in [0.05, 0.1) is 6.61 Å². The van der Waals surface area contributed by atoms with E-state index in [1.54, 1.807) is 31.2 Å². The minimum Gasteiger partial charge on any atom is -0.479 e. The Morgan fingerprint density at radius 3 is 2.33 bits per heavy atom. The highest BCUT2D eigenvalue weighted by Gasteiger charge is 2.16. The van der Waals surface area contributed by atoms with Gasteiger partial charge in [-0.25, -0.2) is 9.18 Å². The van der Waals surface area contributed by atoms with E-state index < -0.39 is 12.1 Å². The summed E-state index contributed by atoms with van der Waals surface area (Å²) in [6.07, 6.45) is 2.19. The molecule has 1 unspecified atom stereocenters. The quantitative estimate of drug-likeness (QED) is 0.516. The molecule has 0 aliphatic carbocycles. The Morgan fingerprint density at radius 2 is 1.70 bits per heavy atom. The monoisotopic (exact) mass is 373 g/mol. The molecule has 0 saturated carbocycles. The molecule has 0 saturated heterocycles. The van der Waals surface area contributed by atoms with Gasteiger partial charge in [0, 0.05) is 11.3 Å². The lowest BCUT2D eigenvalue weighted by Gasteiger charge is -2.14. The molecule has 0 aliphatic heterocycles. The molecule has 2 rings (SSSR count). The summed E-state index contributed by atoms with van der Waals surface area (Å²) in [6, 6.07) is 11.9. The minimum atomic E-state index is -0.731. The van der Waals surface area contributed by atoms with Gasteiger partial charge in [0.15, 0.2) is 6.10 Å². The van der Waals surface area contributed by atoms with Crippen LogP contribution < -0.4 is 10.1 Å². The lowest BCUT2D eigenvalue weighted by atomic mass is 10.2. The molecule has 2 aromatic rings. The summed E-state index contributed by atoms with van der Waals surface area (Å²) in [6.45, 7) is 4.09. The number of hydrogen-bond donors (Lipinski definition) is 1. The lowest BCUT2D eigenvalue weighted by Crippen LogP contribution is -2.26. The van der Waals surface area contributed by atoms with Gasteiger partial charge in [-0.05, 0) is 61.9 Å². The van der Waals surface area contributed by atoms with E-state index in [0.717, 1.165) is 19.3 Å². The number of benzene rings is 2. The minimum absolute atomic E-state index is 0.323. The van der Waals surface area contributed by atoms with Crippen molar-refractivity contribution < 1.29 is 23.5 Å². The summed E-state index contributed by atoms with van der Waals surface area (Å²) < 4.78 is 23.6. The largest absolute Gasteiger partial charge is 0.479 e. The first kappa shape index (κ1) is 20.4. The molecule has 0 spiro atoms. The van der Waals surface area contributed by atoms with Crippen molar-refractivity contribution in [2.75, 3.05) is 11.9 Å². The van der Waals surface area contributed by atoms with Crippen molar-refractivity contribution in [2.24, 2.45) is 0 Å². The zero-order valence-electron chi connectivity index (χ0n) is 15.5. The second-order valence-corrected chi connectivity index (χ2v) is 6.12. The van der Waals surface area contributed by atoms with Gasteiger partial charge in [-0.1, -0.05) is 19.8 Å². The summed E-state index contributed by atoms with van der Waals surface area (Å²) in [7, 11) is 0. The smallest absolute Gasteiger partial charge is 0.347 e. The van der Waals surface area contributed by atoms with Gasteiger partial charge in [-0.15, -0.1) is 0 Å². The normalized spacial score (nSPS) is 11.5. The van der Waals surface area contributed by atoms with Crippen LogP contribution in [-0.4, -0.2) is 24.6 Å². The van der Waals surface area contributed by atoms with E-state index in [0.29, 0.717) is 23.6 Å². The molecule has 0 aliphatic rings. The fraction of sp³-hybridized carbons (Fsp3) is 0.333. The first-order chi connectivity index (χ1) is 13.0. The number of amides is 1.